The molecule has 1 aromatic heterocycles. The predicted molar refractivity (Wildman–Crippen MR) is 87.9 cm³/mol. The van der Waals surface area contributed by atoms with Crippen molar-refractivity contribution >= 4 is 11.6 Å². The largest absolute Gasteiger partial charge is 0.310 e. The quantitative estimate of drug-likeness (QED) is 0.904. The van der Waals surface area contributed by atoms with E-state index < -0.39 is 0 Å². The van der Waals surface area contributed by atoms with E-state index in [2.05, 4.69) is 36.3 Å². The summed E-state index contributed by atoms with van der Waals surface area (Å²) in [5.41, 5.74) is 5.12. The molecule has 3 heteroatoms. The number of rotatable bonds is 4. The number of nitrogens with one attached hydrogen (secondary N) is 1. The van der Waals surface area contributed by atoms with Crippen LogP contribution in [0.4, 0.5) is 0 Å². The Labute approximate surface area is 131 Å². The summed E-state index contributed by atoms with van der Waals surface area (Å²) in [7, 11) is 0. The minimum absolute atomic E-state index is 0.282. The number of benzene rings is 1. The van der Waals surface area contributed by atoms with Crippen LogP contribution in [0.3, 0.4) is 0 Å². The number of nitrogens with zero attached hydrogens (tertiary/aromatic N) is 1. The van der Waals surface area contributed by atoms with Crippen molar-refractivity contribution < 1.29 is 0 Å². The van der Waals surface area contributed by atoms with E-state index in [1.165, 1.54) is 22.4 Å². The predicted octanol–water partition coefficient (Wildman–Crippen LogP) is 4.42. The maximum Gasteiger partial charge on any atom is 0.0485 e. The molecule has 2 atom stereocenters. The van der Waals surface area contributed by atoms with Crippen LogP contribution < -0.4 is 5.32 Å². The number of fused-ring (bicyclic) bond motifs is 1. The van der Waals surface area contributed by atoms with Gasteiger partial charge in [0.25, 0.3) is 0 Å². The Morgan fingerprint density at radius 3 is 3.00 bits per heavy atom. The average molecular weight is 301 g/mol. The van der Waals surface area contributed by atoms with Crippen LogP contribution in [-0.2, 0) is 6.42 Å². The third kappa shape index (κ3) is 2.70. The molecule has 1 aliphatic carbocycles. The van der Waals surface area contributed by atoms with Crippen molar-refractivity contribution in [3.8, 4) is 0 Å². The lowest BCUT2D eigenvalue weighted by atomic mass is 9.88. The molecular formula is C18H21ClN2. The van der Waals surface area contributed by atoms with Gasteiger partial charge in [0.05, 0.1) is 0 Å². The maximum absolute atomic E-state index is 6.32. The highest BCUT2D eigenvalue weighted by atomic mass is 35.5. The Kier molecular flexibility index (Phi) is 4.27. The molecule has 0 spiro atoms. The fourth-order valence-corrected chi connectivity index (χ4v) is 3.60. The summed E-state index contributed by atoms with van der Waals surface area (Å²) in [6, 6.07) is 10.7. The summed E-state index contributed by atoms with van der Waals surface area (Å²) in [4.78, 5) is 4.65. The average Bonchev–Trinajstić information content (AvgIpc) is 2.92. The molecule has 2 nitrogen and oxygen atoms in total. The number of likely N-dealkylation sites (N-methyl/N-ethyl adjacent to an activating group) is 1. The highest BCUT2D eigenvalue weighted by Gasteiger charge is 2.32. The van der Waals surface area contributed by atoms with Gasteiger partial charge in [-0.2, -0.15) is 0 Å². The highest BCUT2D eigenvalue weighted by molar-refractivity contribution is 6.31. The fraction of sp³-hybridized carbons (Fsp3) is 0.389. The van der Waals surface area contributed by atoms with Crippen LogP contribution in [-0.4, -0.2) is 11.5 Å². The van der Waals surface area contributed by atoms with Crippen LogP contribution >= 0.6 is 11.6 Å². The molecule has 0 saturated heterocycles. The zero-order valence-electron chi connectivity index (χ0n) is 12.6. The van der Waals surface area contributed by atoms with E-state index in [1.54, 1.807) is 0 Å². The number of halogens is 1. The van der Waals surface area contributed by atoms with E-state index in [-0.39, 0.29) is 6.04 Å². The Hall–Kier alpha value is -1.38. The zero-order chi connectivity index (χ0) is 14.8. The smallest absolute Gasteiger partial charge is 0.0485 e. The molecular weight excluding hydrogens is 280 g/mol. The van der Waals surface area contributed by atoms with Gasteiger partial charge in [-0.1, -0.05) is 36.7 Å². The Morgan fingerprint density at radius 2 is 2.19 bits per heavy atom. The molecule has 0 fully saturated rings. The van der Waals surface area contributed by atoms with Gasteiger partial charge in [-0.25, -0.2) is 0 Å². The molecule has 1 aromatic carbocycles. The zero-order valence-corrected chi connectivity index (χ0v) is 13.3. The summed E-state index contributed by atoms with van der Waals surface area (Å²) >= 11 is 6.32. The van der Waals surface area contributed by atoms with Gasteiger partial charge in [0.2, 0.25) is 0 Å². The molecule has 21 heavy (non-hydrogen) atoms. The van der Waals surface area contributed by atoms with Crippen molar-refractivity contribution in [2.45, 2.75) is 38.6 Å². The first kappa shape index (κ1) is 14.6. The Morgan fingerprint density at radius 1 is 1.33 bits per heavy atom. The van der Waals surface area contributed by atoms with Gasteiger partial charge in [0.15, 0.2) is 0 Å². The summed E-state index contributed by atoms with van der Waals surface area (Å²) in [6.45, 7) is 5.20. The molecule has 1 aliphatic rings. The monoisotopic (exact) mass is 300 g/mol. The molecule has 0 bridgehead atoms. The molecule has 3 rings (SSSR count). The van der Waals surface area contributed by atoms with Gasteiger partial charge >= 0.3 is 0 Å². The van der Waals surface area contributed by atoms with Crippen molar-refractivity contribution in [1.29, 1.82) is 0 Å². The Bertz CT molecular complexity index is 639. The normalized spacial score (nSPS) is 18.5. The van der Waals surface area contributed by atoms with E-state index in [0.29, 0.717) is 5.92 Å². The van der Waals surface area contributed by atoms with E-state index in [0.717, 1.165) is 24.4 Å². The standard InChI is InChI=1S/C18H21ClN2/c1-3-20-18(14-7-4-8-16(19)12(14)2)15-10-9-13-6-5-11-21-17(13)15/h4-8,11,15,18,20H,3,9-10H2,1-2H3. The third-order valence-electron chi connectivity index (χ3n) is 4.47. The molecule has 1 heterocycles. The third-order valence-corrected chi connectivity index (χ3v) is 4.88. The van der Waals surface area contributed by atoms with Gasteiger partial charge in [-0.05, 0) is 55.1 Å². The minimum Gasteiger partial charge on any atom is -0.310 e. The van der Waals surface area contributed by atoms with Gasteiger partial charge in [-0.3, -0.25) is 4.98 Å². The molecule has 0 amide bonds. The SMILES string of the molecule is CCNC(c1cccc(Cl)c1C)C1CCc2cccnc21. The Balaban J connectivity index is 2.02. The van der Waals surface area contributed by atoms with E-state index in [1.807, 2.05) is 24.4 Å². The second kappa shape index (κ2) is 6.17. The van der Waals surface area contributed by atoms with Crippen molar-refractivity contribution in [2.24, 2.45) is 0 Å². The van der Waals surface area contributed by atoms with Gasteiger partial charge in [-0.15, -0.1) is 0 Å². The highest BCUT2D eigenvalue weighted by Crippen LogP contribution is 2.41. The molecule has 0 aliphatic heterocycles. The van der Waals surface area contributed by atoms with Gasteiger partial charge < -0.3 is 5.32 Å². The van der Waals surface area contributed by atoms with Crippen molar-refractivity contribution in [1.82, 2.24) is 10.3 Å². The maximum atomic E-state index is 6.32. The van der Waals surface area contributed by atoms with Crippen molar-refractivity contribution in [3.63, 3.8) is 0 Å². The summed E-state index contributed by atoms with van der Waals surface area (Å²) in [5.74, 6) is 0.429. The molecule has 2 aromatic rings. The number of hydrogen-bond donors (Lipinski definition) is 1. The summed E-state index contributed by atoms with van der Waals surface area (Å²) in [5, 5.41) is 4.49. The van der Waals surface area contributed by atoms with E-state index in [4.69, 9.17) is 11.6 Å². The van der Waals surface area contributed by atoms with Gasteiger partial charge in [0, 0.05) is 28.9 Å². The minimum atomic E-state index is 0.282. The van der Waals surface area contributed by atoms with Crippen LogP contribution in [0.1, 0.15) is 47.7 Å². The molecule has 2 unspecified atom stereocenters. The molecule has 1 N–H and O–H groups in total. The summed E-state index contributed by atoms with van der Waals surface area (Å²) < 4.78 is 0. The topological polar surface area (TPSA) is 24.9 Å². The van der Waals surface area contributed by atoms with E-state index >= 15 is 0 Å². The molecule has 0 saturated carbocycles. The van der Waals surface area contributed by atoms with Gasteiger partial charge in [0.1, 0.15) is 0 Å². The lowest BCUT2D eigenvalue weighted by Gasteiger charge is -2.27. The first-order valence-electron chi connectivity index (χ1n) is 7.64. The molecule has 110 valence electrons. The lowest BCUT2D eigenvalue weighted by Crippen LogP contribution is -2.27. The van der Waals surface area contributed by atoms with Crippen molar-refractivity contribution in [3.05, 3.63) is 63.9 Å². The first-order valence-corrected chi connectivity index (χ1v) is 8.02. The number of hydrogen-bond acceptors (Lipinski definition) is 2. The second-order valence-corrected chi connectivity index (χ2v) is 6.09. The van der Waals surface area contributed by atoms with Crippen LogP contribution in [0.2, 0.25) is 5.02 Å². The fourth-order valence-electron chi connectivity index (χ4n) is 3.42. The number of aromatic nitrogens is 1. The summed E-state index contributed by atoms with van der Waals surface area (Å²) in [6.07, 6.45) is 4.18. The number of aryl methyl sites for hydroxylation is 1. The van der Waals surface area contributed by atoms with Crippen LogP contribution in [0, 0.1) is 6.92 Å². The van der Waals surface area contributed by atoms with E-state index in [9.17, 15) is 0 Å². The second-order valence-electron chi connectivity index (χ2n) is 5.68. The van der Waals surface area contributed by atoms with Crippen LogP contribution in [0.15, 0.2) is 36.5 Å². The van der Waals surface area contributed by atoms with Crippen molar-refractivity contribution in [2.75, 3.05) is 6.54 Å². The van der Waals surface area contributed by atoms with Crippen LogP contribution in [0.5, 0.6) is 0 Å². The van der Waals surface area contributed by atoms with Crippen LogP contribution in [0.25, 0.3) is 0 Å². The molecule has 0 radical (unpaired) electrons. The lowest BCUT2D eigenvalue weighted by molar-refractivity contribution is 0.446. The first-order chi connectivity index (χ1) is 10.2. The number of pyridine rings is 1.